The molecule has 5 nitrogen and oxygen atoms in total. The molecule has 1 aromatic carbocycles. The number of rotatable bonds is 3. The molecule has 0 spiro atoms. The third-order valence-electron chi connectivity index (χ3n) is 2.70. The van der Waals surface area contributed by atoms with Gasteiger partial charge in [-0.15, -0.1) is 13.2 Å². The average Bonchev–Trinajstić information content (AvgIpc) is 2.44. The Labute approximate surface area is 123 Å². The van der Waals surface area contributed by atoms with Crippen molar-refractivity contribution >= 4 is 11.8 Å². The van der Waals surface area contributed by atoms with Crippen LogP contribution in [0.2, 0.25) is 0 Å². The predicted octanol–water partition coefficient (Wildman–Crippen LogP) is 3.02. The Morgan fingerprint density at radius 2 is 1.95 bits per heavy atom. The number of carbonyl (C=O) groups is 1. The standard InChI is InChI=1S/C14H11F3N2O3/c1-21-13(20)11-6-5-10(12(18)19-11)8-3-2-4-9(7-8)22-14(15,16)17/h2-7H,1H3,(H2,18,19). The van der Waals surface area contributed by atoms with Crippen molar-refractivity contribution in [1.29, 1.82) is 0 Å². The van der Waals surface area contributed by atoms with Gasteiger partial charge >= 0.3 is 12.3 Å². The molecule has 0 bridgehead atoms. The Hall–Kier alpha value is -2.77. The highest BCUT2D eigenvalue weighted by Gasteiger charge is 2.31. The molecule has 0 aliphatic rings. The molecule has 1 heterocycles. The van der Waals surface area contributed by atoms with E-state index in [1.165, 1.54) is 37.4 Å². The van der Waals surface area contributed by atoms with Gasteiger partial charge in [-0.1, -0.05) is 12.1 Å². The molecule has 2 rings (SSSR count). The molecule has 0 unspecified atom stereocenters. The third kappa shape index (κ3) is 3.66. The summed E-state index contributed by atoms with van der Waals surface area (Å²) in [4.78, 5) is 15.2. The molecule has 0 saturated heterocycles. The molecule has 1 aromatic heterocycles. The Kier molecular flexibility index (Phi) is 4.20. The third-order valence-corrected chi connectivity index (χ3v) is 2.70. The van der Waals surface area contributed by atoms with Crippen molar-refractivity contribution < 1.29 is 27.4 Å². The first-order valence-electron chi connectivity index (χ1n) is 6.01. The van der Waals surface area contributed by atoms with E-state index in [2.05, 4.69) is 14.5 Å². The fourth-order valence-electron chi connectivity index (χ4n) is 1.80. The molecule has 0 aliphatic carbocycles. The van der Waals surface area contributed by atoms with E-state index in [1.54, 1.807) is 6.07 Å². The largest absolute Gasteiger partial charge is 0.573 e. The van der Waals surface area contributed by atoms with Crippen LogP contribution in [0.5, 0.6) is 5.75 Å². The Bertz CT molecular complexity index is 702. The summed E-state index contributed by atoms with van der Waals surface area (Å²) in [7, 11) is 1.20. The smallest absolute Gasteiger partial charge is 0.464 e. The lowest BCUT2D eigenvalue weighted by molar-refractivity contribution is -0.274. The fraction of sp³-hybridized carbons (Fsp3) is 0.143. The van der Waals surface area contributed by atoms with E-state index in [0.717, 1.165) is 0 Å². The second-order valence-electron chi connectivity index (χ2n) is 4.20. The van der Waals surface area contributed by atoms with Gasteiger partial charge in [-0.2, -0.15) is 0 Å². The number of halogens is 3. The minimum atomic E-state index is -4.78. The van der Waals surface area contributed by atoms with Crippen LogP contribution >= 0.6 is 0 Å². The summed E-state index contributed by atoms with van der Waals surface area (Å²) in [6, 6.07) is 8.14. The van der Waals surface area contributed by atoms with E-state index in [-0.39, 0.29) is 17.3 Å². The maximum absolute atomic E-state index is 12.2. The van der Waals surface area contributed by atoms with Crippen molar-refractivity contribution in [1.82, 2.24) is 4.98 Å². The monoisotopic (exact) mass is 312 g/mol. The van der Waals surface area contributed by atoms with Gasteiger partial charge in [0.25, 0.3) is 0 Å². The lowest BCUT2D eigenvalue weighted by Crippen LogP contribution is -2.17. The van der Waals surface area contributed by atoms with Crippen LogP contribution in [0.15, 0.2) is 36.4 Å². The van der Waals surface area contributed by atoms with Crippen molar-refractivity contribution in [3.05, 3.63) is 42.1 Å². The Balaban J connectivity index is 2.36. The first-order chi connectivity index (χ1) is 10.3. The maximum atomic E-state index is 12.2. The lowest BCUT2D eigenvalue weighted by atomic mass is 10.1. The van der Waals surface area contributed by atoms with Gasteiger partial charge < -0.3 is 15.2 Å². The van der Waals surface area contributed by atoms with Crippen LogP contribution in [0.4, 0.5) is 19.0 Å². The molecule has 22 heavy (non-hydrogen) atoms. The van der Waals surface area contributed by atoms with Gasteiger partial charge in [0.15, 0.2) is 5.69 Å². The number of esters is 1. The quantitative estimate of drug-likeness (QED) is 0.882. The van der Waals surface area contributed by atoms with E-state index in [1.807, 2.05) is 0 Å². The van der Waals surface area contributed by atoms with Gasteiger partial charge in [-0.3, -0.25) is 0 Å². The number of aromatic nitrogens is 1. The van der Waals surface area contributed by atoms with Crippen molar-refractivity contribution in [2.75, 3.05) is 12.8 Å². The van der Waals surface area contributed by atoms with Crippen LogP contribution in [-0.2, 0) is 4.74 Å². The van der Waals surface area contributed by atoms with E-state index in [4.69, 9.17) is 5.73 Å². The average molecular weight is 312 g/mol. The van der Waals surface area contributed by atoms with Crippen LogP contribution in [-0.4, -0.2) is 24.4 Å². The summed E-state index contributed by atoms with van der Waals surface area (Å²) in [6.45, 7) is 0. The maximum Gasteiger partial charge on any atom is 0.573 e. The summed E-state index contributed by atoms with van der Waals surface area (Å²) >= 11 is 0. The fourth-order valence-corrected chi connectivity index (χ4v) is 1.80. The second kappa shape index (κ2) is 5.92. The summed E-state index contributed by atoms with van der Waals surface area (Å²) in [5.41, 5.74) is 6.50. The SMILES string of the molecule is COC(=O)c1ccc(-c2cccc(OC(F)(F)F)c2)c(N)n1. The number of anilines is 1. The van der Waals surface area contributed by atoms with E-state index < -0.39 is 12.3 Å². The number of nitrogens with two attached hydrogens (primary N) is 1. The number of alkyl halides is 3. The molecule has 8 heteroatoms. The number of methoxy groups -OCH3 is 1. The van der Waals surface area contributed by atoms with Gasteiger partial charge in [0, 0.05) is 5.56 Å². The van der Waals surface area contributed by atoms with Crippen molar-refractivity contribution in [2.24, 2.45) is 0 Å². The Morgan fingerprint density at radius 3 is 2.55 bits per heavy atom. The molecule has 0 aliphatic heterocycles. The number of hydrogen-bond donors (Lipinski definition) is 1. The summed E-state index contributed by atoms with van der Waals surface area (Å²) in [5.74, 6) is -1.04. The summed E-state index contributed by atoms with van der Waals surface area (Å²) in [6.07, 6.45) is -4.78. The molecule has 2 aromatic rings. The van der Waals surface area contributed by atoms with Gasteiger partial charge in [0.05, 0.1) is 7.11 Å². The van der Waals surface area contributed by atoms with Gasteiger partial charge in [-0.25, -0.2) is 9.78 Å². The molecule has 116 valence electrons. The highest BCUT2D eigenvalue weighted by Crippen LogP contribution is 2.30. The molecule has 0 saturated carbocycles. The molecular weight excluding hydrogens is 301 g/mol. The number of benzene rings is 1. The summed E-state index contributed by atoms with van der Waals surface area (Å²) < 4.78 is 45.0. The minimum Gasteiger partial charge on any atom is -0.464 e. The highest BCUT2D eigenvalue weighted by atomic mass is 19.4. The first-order valence-corrected chi connectivity index (χ1v) is 6.01. The van der Waals surface area contributed by atoms with Crippen LogP contribution in [0.3, 0.4) is 0 Å². The molecule has 2 N–H and O–H groups in total. The normalized spacial score (nSPS) is 11.1. The molecular formula is C14H11F3N2O3. The zero-order valence-corrected chi connectivity index (χ0v) is 11.3. The minimum absolute atomic E-state index is 0.00597. The Morgan fingerprint density at radius 1 is 1.23 bits per heavy atom. The van der Waals surface area contributed by atoms with Gasteiger partial charge in [-0.05, 0) is 29.8 Å². The lowest BCUT2D eigenvalue weighted by Gasteiger charge is -2.11. The first kappa shape index (κ1) is 15.6. The van der Waals surface area contributed by atoms with Gasteiger partial charge in [0.1, 0.15) is 11.6 Å². The van der Waals surface area contributed by atoms with Gasteiger partial charge in [0.2, 0.25) is 0 Å². The molecule has 0 fully saturated rings. The van der Waals surface area contributed by atoms with Crippen molar-refractivity contribution in [2.45, 2.75) is 6.36 Å². The number of pyridine rings is 1. The second-order valence-corrected chi connectivity index (χ2v) is 4.20. The van der Waals surface area contributed by atoms with Crippen molar-refractivity contribution in [3.63, 3.8) is 0 Å². The number of ether oxygens (including phenoxy) is 2. The van der Waals surface area contributed by atoms with Crippen LogP contribution in [0.1, 0.15) is 10.5 Å². The number of nitrogen functional groups attached to an aromatic ring is 1. The van der Waals surface area contributed by atoms with Crippen LogP contribution < -0.4 is 10.5 Å². The zero-order chi connectivity index (χ0) is 16.3. The van der Waals surface area contributed by atoms with E-state index in [0.29, 0.717) is 11.1 Å². The van der Waals surface area contributed by atoms with Crippen LogP contribution in [0.25, 0.3) is 11.1 Å². The molecule has 0 radical (unpaired) electrons. The highest BCUT2D eigenvalue weighted by molar-refractivity contribution is 5.89. The molecule has 0 amide bonds. The predicted molar refractivity (Wildman–Crippen MR) is 72.1 cm³/mol. The van der Waals surface area contributed by atoms with E-state index >= 15 is 0 Å². The van der Waals surface area contributed by atoms with E-state index in [9.17, 15) is 18.0 Å². The zero-order valence-electron chi connectivity index (χ0n) is 11.3. The van der Waals surface area contributed by atoms with Crippen molar-refractivity contribution in [3.8, 4) is 16.9 Å². The van der Waals surface area contributed by atoms with Crippen LogP contribution in [0, 0.1) is 0 Å². The molecule has 0 atom stereocenters. The number of nitrogens with zero attached hydrogens (tertiary/aromatic N) is 1. The summed E-state index contributed by atoms with van der Waals surface area (Å²) in [5, 5.41) is 0. The topological polar surface area (TPSA) is 74.4 Å². The number of hydrogen-bond acceptors (Lipinski definition) is 5. The number of carbonyl (C=O) groups excluding carboxylic acids is 1.